The summed E-state index contributed by atoms with van der Waals surface area (Å²) in [5.74, 6) is -0.697. The molecule has 0 fully saturated rings. The van der Waals surface area contributed by atoms with Gasteiger partial charge < -0.3 is 9.84 Å². The largest absolute Gasteiger partial charge is 0.573 e. The highest BCUT2D eigenvalue weighted by atomic mass is 19.4. The molecule has 0 saturated carbocycles. The van der Waals surface area contributed by atoms with Gasteiger partial charge in [-0.2, -0.15) is 0 Å². The number of phenols is 1. The Morgan fingerprint density at radius 1 is 0.950 bits per heavy atom. The fourth-order valence-electron chi connectivity index (χ4n) is 1.87. The Hall–Kier alpha value is -2.17. The number of aryl methyl sites for hydroxylation is 2. The summed E-state index contributed by atoms with van der Waals surface area (Å²) >= 11 is 0. The highest BCUT2D eigenvalue weighted by Gasteiger charge is 2.32. The zero-order valence-electron chi connectivity index (χ0n) is 11.0. The van der Waals surface area contributed by atoms with Crippen LogP contribution in [0.5, 0.6) is 11.5 Å². The molecule has 0 unspecified atom stereocenters. The van der Waals surface area contributed by atoms with Crippen LogP contribution < -0.4 is 4.74 Å². The summed E-state index contributed by atoms with van der Waals surface area (Å²) in [5.41, 5.74) is 2.90. The summed E-state index contributed by atoms with van der Waals surface area (Å²) in [4.78, 5) is 0. The SMILES string of the molecule is Cc1ccc(-c2ccc(O)cc2OC(F)(F)F)cc1C. The summed E-state index contributed by atoms with van der Waals surface area (Å²) in [6.07, 6.45) is -4.80. The summed E-state index contributed by atoms with van der Waals surface area (Å²) in [5, 5.41) is 9.33. The molecule has 0 aromatic heterocycles. The fraction of sp³-hybridized carbons (Fsp3) is 0.200. The molecule has 1 N–H and O–H groups in total. The van der Waals surface area contributed by atoms with E-state index in [0.717, 1.165) is 17.2 Å². The second-order valence-corrected chi connectivity index (χ2v) is 4.53. The van der Waals surface area contributed by atoms with Crippen molar-refractivity contribution in [3.8, 4) is 22.6 Å². The van der Waals surface area contributed by atoms with E-state index in [0.29, 0.717) is 5.56 Å². The predicted octanol–water partition coefficient (Wildman–Crippen LogP) is 4.57. The number of ether oxygens (including phenoxy) is 1. The standard InChI is InChI=1S/C15H13F3O2/c1-9-3-4-11(7-10(9)2)13-6-5-12(19)8-14(13)20-15(16,17)18/h3-8,19H,1-2H3. The molecule has 2 nitrogen and oxygen atoms in total. The van der Waals surface area contributed by atoms with Crippen LogP contribution in [0.4, 0.5) is 13.2 Å². The maximum absolute atomic E-state index is 12.4. The van der Waals surface area contributed by atoms with Gasteiger partial charge in [0.15, 0.2) is 0 Å². The molecule has 5 heteroatoms. The average molecular weight is 282 g/mol. The molecule has 0 aliphatic carbocycles. The third kappa shape index (κ3) is 3.23. The maximum atomic E-state index is 12.4. The van der Waals surface area contributed by atoms with E-state index in [-0.39, 0.29) is 11.3 Å². The van der Waals surface area contributed by atoms with E-state index >= 15 is 0 Å². The lowest BCUT2D eigenvalue weighted by atomic mass is 10.00. The lowest BCUT2D eigenvalue weighted by molar-refractivity contribution is -0.274. The van der Waals surface area contributed by atoms with Gasteiger partial charge in [-0.15, -0.1) is 13.2 Å². The first-order valence-electron chi connectivity index (χ1n) is 5.92. The maximum Gasteiger partial charge on any atom is 0.573 e. The Kier molecular flexibility index (Phi) is 3.61. The summed E-state index contributed by atoms with van der Waals surface area (Å²) in [7, 11) is 0. The monoisotopic (exact) mass is 282 g/mol. The van der Waals surface area contributed by atoms with Crippen LogP contribution in [-0.4, -0.2) is 11.5 Å². The van der Waals surface area contributed by atoms with Gasteiger partial charge >= 0.3 is 6.36 Å². The van der Waals surface area contributed by atoms with Crippen LogP contribution in [0.15, 0.2) is 36.4 Å². The average Bonchev–Trinajstić information content (AvgIpc) is 2.31. The normalized spacial score (nSPS) is 11.4. The number of hydrogen-bond donors (Lipinski definition) is 1. The van der Waals surface area contributed by atoms with Gasteiger partial charge in [0.05, 0.1) is 0 Å². The minimum Gasteiger partial charge on any atom is -0.508 e. The molecule has 0 amide bonds. The quantitative estimate of drug-likeness (QED) is 0.874. The fourth-order valence-corrected chi connectivity index (χ4v) is 1.87. The molecule has 0 spiro atoms. The van der Waals surface area contributed by atoms with E-state index in [1.54, 1.807) is 12.1 Å². The van der Waals surface area contributed by atoms with Crippen LogP contribution in [0.1, 0.15) is 11.1 Å². The highest BCUT2D eigenvalue weighted by Crippen LogP contribution is 2.36. The summed E-state index contributed by atoms with van der Waals surface area (Å²) in [6, 6.07) is 9.02. The van der Waals surface area contributed by atoms with Gasteiger partial charge in [-0.05, 0) is 42.7 Å². The number of benzene rings is 2. The number of phenolic OH excluding ortho intramolecular Hbond substituents is 1. The Morgan fingerprint density at radius 3 is 2.25 bits per heavy atom. The molecule has 0 saturated heterocycles. The zero-order chi connectivity index (χ0) is 14.9. The van der Waals surface area contributed by atoms with Crippen LogP contribution in [-0.2, 0) is 0 Å². The number of alkyl halides is 3. The van der Waals surface area contributed by atoms with Crippen molar-refractivity contribution in [3.63, 3.8) is 0 Å². The van der Waals surface area contributed by atoms with Crippen LogP contribution in [0.2, 0.25) is 0 Å². The van der Waals surface area contributed by atoms with Crippen molar-refractivity contribution in [1.29, 1.82) is 0 Å². The molecule has 0 atom stereocenters. The molecule has 2 aromatic rings. The molecule has 20 heavy (non-hydrogen) atoms. The lowest BCUT2D eigenvalue weighted by Crippen LogP contribution is -2.17. The minimum atomic E-state index is -4.80. The topological polar surface area (TPSA) is 29.5 Å². The van der Waals surface area contributed by atoms with Crippen LogP contribution in [0.3, 0.4) is 0 Å². The van der Waals surface area contributed by atoms with Crippen molar-refractivity contribution in [2.45, 2.75) is 20.2 Å². The van der Waals surface area contributed by atoms with Crippen molar-refractivity contribution in [1.82, 2.24) is 0 Å². The Labute approximate surface area is 114 Å². The molecule has 2 aromatic carbocycles. The van der Waals surface area contributed by atoms with Gasteiger partial charge in [0.25, 0.3) is 0 Å². The van der Waals surface area contributed by atoms with E-state index in [2.05, 4.69) is 4.74 Å². The van der Waals surface area contributed by atoms with Crippen molar-refractivity contribution in [2.75, 3.05) is 0 Å². The van der Waals surface area contributed by atoms with E-state index < -0.39 is 12.1 Å². The van der Waals surface area contributed by atoms with Crippen LogP contribution in [0, 0.1) is 13.8 Å². The summed E-state index contributed by atoms with van der Waals surface area (Å²) in [6.45, 7) is 3.80. The molecular formula is C15H13F3O2. The Morgan fingerprint density at radius 2 is 1.65 bits per heavy atom. The third-order valence-electron chi connectivity index (χ3n) is 3.01. The van der Waals surface area contributed by atoms with Gasteiger partial charge in [-0.3, -0.25) is 0 Å². The minimum absolute atomic E-state index is 0.281. The number of rotatable bonds is 2. The number of aromatic hydroxyl groups is 1. The van der Waals surface area contributed by atoms with E-state index in [1.807, 2.05) is 19.9 Å². The van der Waals surface area contributed by atoms with Crippen molar-refractivity contribution in [2.24, 2.45) is 0 Å². The first kappa shape index (κ1) is 14.2. The Bertz CT molecular complexity index is 634. The van der Waals surface area contributed by atoms with E-state index in [1.165, 1.54) is 12.1 Å². The summed E-state index contributed by atoms with van der Waals surface area (Å²) < 4.78 is 41.2. The van der Waals surface area contributed by atoms with Gasteiger partial charge in [-0.25, -0.2) is 0 Å². The molecule has 0 aliphatic heterocycles. The zero-order valence-corrected chi connectivity index (χ0v) is 11.0. The predicted molar refractivity (Wildman–Crippen MR) is 69.7 cm³/mol. The van der Waals surface area contributed by atoms with Crippen LogP contribution >= 0.6 is 0 Å². The molecule has 2 rings (SSSR count). The van der Waals surface area contributed by atoms with Gasteiger partial charge in [0.2, 0.25) is 0 Å². The second kappa shape index (κ2) is 5.07. The van der Waals surface area contributed by atoms with Crippen molar-refractivity contribution >= 4 is 0 Å². The highest BCUT2D eigenvalue weighted by molar-refractivity contribution is 5.72. The number of hydrogen-bond acceptors (Lipinski definition) is 2. The molecule has 0 bridgehead atoms. The van der Waals surface area contributed by atoms with Crippen LogP contribution in [0.25, 0.3) is 11.1 Å². The molecular weight excluding hydrogens is 269 g/mol. The van der Waals surface area contributed by atoms with Gasteiger partial charge in [0.1, 0.15) is 11.5 Å². The molecule has 106 valence electrons. The van der Waals surface area contributed by atoms with Crippen molar-refractivity contribution in [3.05, 3.63) is 47.5 Å². The van der Waals surface area contributed by atoms with Gasteiger partial charge in [0, 0.05) is 11.6 Å². The van der Waals surface area contributed by atoms with E-state index in [9.17, 15) is 18.3 Å². The molecule has 0 aliphatic rings. The van der Waals surface area contributed by atoms with Crippen molar-refractivity contribution < 1.29 is 23.0 Å². The molecule has 0 radical (unpaired) electrons. The second-order valence-electron chi connectivity index (χ2n) is 4.53. The third-order valence-corrected chi connectivity index (χ3v) is 3.01. The smallest absolute Gasteiger partial charge is 0.508 e. The van der Waals surface area contributed by atoms with E-state index in [4.69, 9.17) is 0 Å². The first-order valence-corrected chi connectivity index (χ1v) is 5.92. The molecule has 0 heterocycles. The lowest BCUT2D eigenvalue weighted by Gasteiger charge is -2.14. The number of halogens is 3. The first-order chi connectivity index (χ1) is 9.26. The van der Waals surface area contributed by atoms with Gasteiger partial charge in [-0.1, -0.05) is 18.2 Å². The Balaban J connectivity index is 2.52.